The van der Waals surface area contributed by atoms with Crippen LogP contribution in [0.1, 0.15) is 13.3 Å². The number of rotatable bonds is 1. The summed E-state index contributed by atoms with van der Waals surface area (Å²) in [6, 6.07) is 0.354. The summed E-state index contributed by atoms with van der Waals surface area (Å²) in [4.78, 5) is 27.1. The van der Waals surface area contributed by atoms with E-state index >= 15 is 0 Å². The Kier molecular flexibility index (Phi) is 4.77. The molecule has 2 fully saturated rings. The summed E-state index contributed by atoms with van der Waals surface area (Å²) < 4.78 is 0. The minimum absolute atomic E-state index is 0. The molecule has 17 heavy (non-hydrogen) atoms. The molecule has 0 aromatic heterocycles. The highest BCUT2D eigenvalue weighted by Crippen LogP contribution is 2.19. The minimum Gasteiger partial charge on any atom is -0.345 e. The summed E-state index contributed by atoms with van der Waals surface area (Å²) in [5, 5.41) is 3.30. The Morgan fingerprint density at radius 1 is 1.41 bits per heavy atom. The Morgan fingerprint density at radius 3 is 2.65 bits per heavy atom. The van der Waals surface area contributed by atoms with E-state index < -0.39 is 0 Å². The molecule has 0 radical (unpaired) electrons. The predicted molar refractivity (Wildman–Crippen MR) is 67.0 cm³/mol. The van der Waals surface area contributed by atoms with Crippen LogP contribution < -0.4 is 5.32 Å². The monoisotopic (exact) mass is 261 g/mol. The van der Waals surface area contributed by atoms with Gasteiger partial charge in [-0.05, 0) is 6.92 Å². The van der Waals surface area contributed by atoms with Gasteiger partial charge in [-0.15, -0.1) is 12.4 Å². The van der Waals surface area contributed by atoms with Gasteiger partial charge in [0, 0.05) is 45.7 Å². The molecule has 98 valence electrons. The van der Waals surface area contributed by atoms with Crippen LogP contribution in [0.3, 0.4) is 0 Å². The normalized spacial score (nSPS) is 29.2. The lowest BCUT2D eigenvalue weighted by molar-refractivity contribution is -0.136. The van der Waals surface area contributed by atoms with Crippen LogP contribution in [0.15, 0.2) is 0 Å². The van der Waals surface area contributed by atoms with E-state index in [1.807, 2.05) is 4.90 Å². The fourth-order valence-corrected chi connectivity index (χ4v) is 2.42. The number of piperazine rings is 1. The number of carbonyl (C=O) groups excluding carboxylic acids is 2. The maximum absolute atomic E-state index is 12.2. The fraction of sp³-hybridized carbons (Fsp3) is 0.818. The third-order valence-electron chi connectivity index (χ3n) is 3.37. The van der Waals surface area contributed by atoms with E-state index in [0.29, 0.717) is 19.0 Å². The van der Waals surface area contributed by atoms with Gasteiger partial charge in [0.05, 0.1) is 5.92 Å². The van der Waals surface area contributed by atoms with E-state index in [9.17, 15) is 9.59 Å². The number of carbonyl (C=O) groups is 2. The number of likely N-dealkylation sites (tertiary alicyclic amines) is 1. The van der Waals surface area contributed by atoms with E-state index in [2.05, 4.69) is 12.2 Å². The van der Waals surface area contributed by atoms with Crippen molar-refractivity contribution >= 4 is 24.2 Å². The molecule has 2 saturated heterocycles. The average Bonchev–Trinajstić information content (AvgIpc) is 2.58. The first-order chi connectivity index (χ1) is 7.58. The maximum Gasteiger partial charge on any atom is 0.228 e. The highest BCUT2D eigenvalue weighted by Gasteiger charge is 2.35. The Hall–Kier alpha value is -0.810. The molecule has 0 bridgehead atoms. The van der Waals surface area contributed by atoms with Crippen molar-refractivity contribution < 1.29 is 9.59 Å². The van der Waals surface area contributed by atoms with Gasteiger partial charge in [0.2, 0.25) is 11.8 Å². The summed E-state index contributed by atoms with van der Waals surface area (Å²) in [6.07, 6.45) is 0.383. The van der Waals surface area contributed by atoms with Gasteiger partial charge >= 0.3 is 0 Å². The van der Waals surface area contributed by atoms with Crippen molar-refractivity contribution in [2.75, 3.05) is 33.2 Å². The Balaban J connectivity index is 0.00000144. The quantitative estimate of drug-likeness (QED) is 0.706. The van der Waals surface area contributed by atoms with Crippen LogP contribution in [0.4, 0.5) is 0 Å². The van der Waals surface area contributed by atoms with Gasteiger partial charge in [-0.3, -0.25) is 9.59 Å². The maximum atomic E-state index is 12.2. The smallest absolute Gasteiger partial charge is 0.228 e. The van der Waals surface area contributed by atoms with Gasteiger partial charge in [-0.1, -0.05) is 0 Å². The molecule has 2 aliphatic heterocycles. The molecule has 2 rings (SSSR count). The third-order valence-corrected chi connectivity index (χ3v) is 3.37. The first-order valence-electron chi connectivity index (χ1n) is 5.84. The molecule has 2 amide bonds. The van der Waals surface area contributed by atoms with Crippen LogP contribution in [0.25, 0.3) is 0 Å². The van der Waals surface area contributed by atoms with E-state index in [-0.39, 0.29) is 30.1 Å². The zero-order valence-electron chi connectivity index (χ0n) is 10.3. The number of amides is 2. The third kappa shape index (κ3) is 3.10. The molecule has 2 heterocycles. The SMILES string of the molecule is CC1CN(C(=O)C2CC(=O)N(C)C2)CCN1.Cl. The van der Waals surface area contributed by atoms with Gasteiger partial charge in [-0.2, -0.15) is 0 Å². The topological polar surface area (TPSA) is 52.7 Å². The number of nitrogens with zero attached hydrogens (tertiary/aromatic N) is 2. The lowest BCUT2D eigenvalue weighted by Crippen LogP contribution is -2.53. The molecule has 0 spiro atoms. The van der Waals surface area contributed by atoms with Gasteiger partial charge in [0.1, 0.15) is 0 Å². The zero-order chi connectivity index (χ0) is 11.7. The number of hydrogen-bond donors (Lipinski definition) is 1. The van der Waals surface area contributed by atoms with E-state index in [0.717, 1.165) is 19.6 Å². The molecule has 2 aliphatic rings. The second kappa shape index (κ2) is 5.69. The van der Waals surface area contributed by atoms with Gasteiger partial charge in [-0.25, -0.2) is 0 Å². The van der Waals surface area contributed by atoms with Crippen molar-refractivity contribution in [3.63, 3.8) is 0 Å². The van der Waals surface area contributed by atoms with Crippen molar-refractivity contribution in [3.05, 3.63) is 0 Å². The second-order valence-electron chi connectivity index (χ2n) is 4.81. The molecule has 2 unspecified atom stereocenters. The van der Waals surface area contributed by atoms with Gasteiger partial charge in [0.25, 0.3) is 0 Å². The van der Waals surface area contributed by atoms with Crippen LogP contribution in [-0.2, 0) is 9.59 Å². The van der Waals surface area contributed by atoms with E-state index in [1.165, 1.54) is 0 Å². The molecule has 0 aromatic carbocycles. The second-order valence-corrected chi connectivity index (χ2v) is 4.81. The van der Waals surface area contributed by atoms with Crippen LogP contribution in [0.2, 0.25) is 0 Å². The van der Waals surface area contributed by atoms with E-state index in [4.69, 9.17) is 0 Å². The van der Waals surface area contributed by atoms with Gasteiger partial charge < -0.3 is 15.1 Å². The summed E-state index contributed by atoms with van der Waals surface area (Å²) >= 11 is 0. The summed E-state index contributed by atoms with van der Waals surface area (Å²) in [5.74, 6) is 0.107. The summed E-state index contributed by atoms with van der Waals surface area (Å²) in [6.45, 7) is 5.02. The molecular formula is C11H20ClN3O2. The predicted octanol–water partition coefficient (Wildman–Crippen LogP) is -0.293. The molecule has 0 aromatic rings. The number of hydrogen-bond acceptors (Lipinski definition) is 3. The number of halogens is 1. The first-order valence-corrected chi connectivity index (χ1v) is 5.84. The molecule has 0 saturated carbocycles. The van der Waals surface area contributed by atoms with Crippen LogP contribution in [0.5, 0.6) is 0 Å². The Bertz CT molecular complexity index is 311. The molecular weight excluding hydrogens is 242 g/mol. The Labute approximate surface area is 108 Å². The minimum atomic E-state index is -0.122. The van der Waals surface area contributed by atoms with Crippen molar-refractivity contribution in [1.29, 1.82) is 0 Å². The fourth-order valence-electron chi connectivity index (χ4n) is 2.42. The molecule has 5 nitrogen and oxygen atoms in total. The highest BCUT2D eigenvalue weighted by atomic mass is 35.5. The molecule has 2 atom stereocenters. The van der Waals surface area contributed by atoms with Crippen LogP contribution in [-0.4, -0.2) is 60.9 Å². The Morgan fingerprint density at radius 2 is 2.12 bits per heavy atom. The van der Waals surface area contributed by atoms with Crippen molar-refractivity contribution in [2.45, 2.75) is 19.4 Å². The van der Waals surface area contributed by atoms with Crippen LogP contribution in [0, 0.1) is 5.92 Å². The lowest BCUT2D eigenvalue weighted by Gasteiger charge is -2.33. The molecule has 0 aliphatic carbocycles. The van der Waals surface area contributed by atoms with Crippen molar-refractivity contribution in [3.8, 4) is 0 Å². The standard InChI is InChI=1S/C11H19N3O2.ClH/c1-8-6-14(4-3-12-8)11(16)9-5-10(15)13(2)7-9;/h8-9,12H,3-7H2,1-2H3;1H. The van der Waals surface area contributed by atoms with E-state index in [1.54, 1.807) is 11.9 Å². The van der Waals surface area contributed by atoms with Crippen LogP contribution >= 0.6 is 12.4 Å². The molecule has 6 heteroatoms. The average molecular weight is 262 g/mol. The molecule has 1 N–H and O–H groups in total. The number of nitrogens with one attached hydrogen (secondary N) is 1. The summed E-state index contributed by atoms with van der Waals surface area (Å²) in [5.41, 5.74) is 0. The van der Waals surface area contributed by atoms with Crippen molar-refractivity contribution in [2.24, 2.45) is 5.92 Å². The van der Waals surface area contributed by atoms with Crippen molar-refractivity contribution in [1.82, 2.24) is 15.1 Å². The lowest BCUT2D eigenvalue weighted by atomic mass is 10.1. The zero-order valence-corrected chi connectivity index (χ0v) is 11.1. The highest BCUT2D eigenvalue weighted by molar-refractivity contribution is 5.89. The largest absolute Gasteiger partial charge is 0.345 e. The van der Waals surface area contributed by atoms with Gasteiger partial charge in [0.15, 0.2) is 0 Å². The summed E-state index contributed by atoms with van der Waals surface area (Å²) in [7, 11) is 1.76. The first kappa shape index (κ1) is 14.3.